The van der Waals surface area contributed by atoms with Crippen LogP contribution in [0.4, 0.5) is 5.69 Å². The quantitative estimate of drug-likeness (QED) is 0.877. The van der Waals surface area contributed by atoms with Crippen molar-refractivity contribution in [3.8, 4) is 0 Å². The van der Waals surface area contributed by atoms with E-state index in [-0.39, 0.29) is 5.76 Å². The average Bonchev–Trinajstić information content (AvgIpc) is 2.82. The summed E-state index contributed by atoms with van der Waals surface area (Å²) in [5.74, 6) is -0.679. The van der Waals surface area contributed by atoms with Gasteiger partial charge in [-0.2, -0.15) is 0 Å². The van der Waals surface area contributed by atoms with E-state index in [2.05, 4.69) is 21.2 Å². The predicted molar refractivity (Wildman–Crippen MR) is 76.9 cm³/mol. The molecule has 0 fully saturated rings. The van der Waals surface area contributed by atoms with E-state index in [0.717, 1.165) is 16.1 Å². The standard InChI is InChI=1S/C12H11BrN2O4S/c1-7-6-8(13)2-3-9(7)15-12(16)10-4-5-11(19-10)20(14,17)18/h2-6H,1H3,(H,15,16)(H2,14,17,18). The number of nitrogens with two attached hydrogens (primary N) is 1. The number of nitrogens with one attached hydrogen (secondary N) is 1. The number of anilines is 1. The summed E-state index contributed by atoms with van der Waals surface area (Å²) >= 11 is 3.32. The van der Waals surface area contributed by atoms with E-state index in [1.165, 1.54) is 6.07 Å². The van der Waals surface area contributed by atoms with E-state index in [1.807, 2.05) is 13.0 Å². The summed E-state index contributed by atoms with van der Waals surface area (Å²) in [5, 5.41) is 7.09. The van der Waals surface area contributed by atoms with Gasteiger partial charge in [-0.1, -0.05) is 15.9 Å². The molecule has 0 radical (unpaired) electrons. The lowest BCUT2D eigenvalue weighted by molar-refractivity contribution is 0.0991. The number of hydrogen-bond donors (Lipinski definition) is 2. The second kappa shape index (κ2) is 5.39. The van der Waals surface area contributed by atoms with Gasteiger partial charge in [0.05, 0.1) is 0 Å². The third-order valence-corrected chi connectivity index (χ3v) is 3.80. The summed E-state index contributed by atoms with van der Waals surface area (Å²) < 4.78 is 27.9. The van der Waals surface area contributed by atoms with Crippen molar-refractivity contribution < 1.29 is 17.6 Å². The highest BCUT2D eigenvalue weighted by atomic mass is 79.9. The van der Waals surface area contributed by atoms with Gasteiger partial charge in [-0.3, -0.25) is 4.79 Å². The van der Waals surface area contributed by atoms with Crippen LogP contribution in [0.25, 0.3) is 0 Å². The molecule has 0 aliphatic carbocycles. The second-order valence-electron chi connectivity index (χ2n) is 4.08. The molecule has 1 aromatic heterocycles. The van der Waals surface area contributed by atoms with Crippen LogP contribution >= 0.6 is 15.9 Å². The molecule has 1 amide bonds. The minimum atomic E-state index is -3.96. The monoisotopic (exact) mass is 358 g/mol. The first kappa shape index (κ1) is 14.8. The Morgan fingerprint density at radius 1 is 1.30 bits per heavy atom. The maximum absolute atomic E-state index is 11.9. The molecule has 3 N–H and O–H groups in total. The first-order valence-corrected chi connectivity index (χ1v) is 7.81. The SMILES string of the molecule is Cc1cc(Br)ccc1NC(=O)c1ccc(S(N)(=O)=O)o1. The van der Waals surface area contributed by atoms with Gasteiger partial charge in [0.15, 0.2) is 5.76 Å². The molecule has 2 aromatic rings. The molecule has 20 heavy (non-hydrogen) atoms. The highest BCUT2D eigenvalue weighted by Crippen LogP contribution is 2.21. The summed E-state index contributed by atoms with van der Waals surface area (Å²) in [5.41, 5.74) is 1.46. The average molecular weight is 359 g/mol. The van der Waals surface area contributed by atoms with Crippen molar-refractivity contribution in [1.29, 1.82) is 0 Å². The third kappa shape index (κ3) is 3.27. The minimum absolute atomic E-state index is 0.128. The maximum atomic E-state index is 11.9. The predicted octanol–water partition coefficient (Wildman–Crippen LogP) is 2.25. The first-order valence-electron chi connectivity index (χ1n) is 5.47. The van der Waals surface area contributed by atoms with E-state index < -0.39 is 21.0 Å². The molecule has 6 nitrogen and oxygen atoms in total. The van der Waals surface area contributed by atoms with Crippen LogP contribution in [0.5, 0.6) is 0 Å². The van der Waals surface area contributed by atoms with Gasteiger partial charge in [0.1, 0.15) is 0 Å². The van der Waals surface area contributed by atoms with Crippen LogP contribution in [0.15, 0.2) is 44.3 Å². The van der Waals surface area contributed by atoms with Crippen LogP contribution in [0.1, 0.15) is 16.1 Å². The molecule has 1 aromatic carbocycles. The Morgan fingerprint density at radius 2 is 2.00 bits per heavy atom. The van der Waals surface area contributed by atoms with E-state index in [1.54, 1.807) is 12.1 Å². The maximum Gasteiger partial charge on any atom is 0.291 e. The van der Waals surface area contributed by atoms with Gasteiger partial charge >= 0.3 is 0 Å². The lowest BCUT2D eigenvalue weighted by Crippen LogP contribution is -2.13. The zero-order chi connectivity index (χ0) is 14.9. The van der Waals surface area contributed by atoms with Gasteiger partial charge in [-0.25, -0.2) is 13.6 Å². The number of carbonyl (C=O) groups is 1. The van der Waals surface area contributed by atoms with Gasteiger partial charge in [-0.15, -0.1) is 0 Å². The van der Waals surface area contributed by atoms with Gasteiger partial charge in [-0.05, 0) is 42.8 Å². The zero-order valence-electron chi connectivity index (χ0n) is 10.4. The van der Waals surface area contributed by atoms with Gasteiger partial charge < -0.3 is 9.73 Å². The van der Waals surface area contributed by atoms with E-state index >= 15 is 0 Å². The normalized spacial score (nSPS) is 11.3. The molecule has 106 valence electrons. The molecule has 0 aliphatic rings. The Bertz CT molecular complexity index is 768. The molecule has 0 spiro atoms. The Morgan fingerprint density at radius 3 is 2.55 bits per heavy atom. The van der Waals surface area contributed by atoms with Crippen LogP contribution in [0.2, 0.25) is 0 Å². The van der Waals surface area contributed by atoms with Crippen molar-refractivity contribution in [2.24, 2.45) is 5.14 Å². The largest absolute Gasteiger partial charge is 0.438 e. The number of rotatable bonds is 3. The molecule has 0 saturated carbocycles. The Labute approximate surface area is 124 Å². The number of sulfonamides is 1. The number of carbonyl (C=O) groups excluding carboxylic acids is 1. The van der Waals surface area contributed by atoms with Crippen LogP contribution in [0.3, 0.4) is 0 Å². The fraction of sp³-hybridized carbons (Fsp3) is 0.0833. The van der Waals surface area contributed by atoms with Crippen LogP contribution in [0, 0.1) is 6.92 Å². The zero-order valence-corrected chi connectivity index (χ0v) is 12.8. The van der Waals surface area contributed by atoms with Crippen LogP contribution in [-0.2, 0) is 10.0 Å². The minimum Gasteiger partial charge on any atom is -0.438 e. The topological polar surface area (TPSA) is 102 Å². The van der Waals surface area contributed by atoms with Crippen LogP contribution < -0.4 is 10.5 Å². The lowest BCUT2D eigenvalue weighted by atomic mass is 10.2. The number of aryl methyl sites for hydroxylation is 1. The Kier molecular flexibility index (Phi) is 3.98. The van der Waals surface area contributed by atoms with Crippen molar-refractivity contribution in [2.75, 3.05) is 5.32 Å². The van der Waals surface area contributed by atoms with Gasteiger partial charge in [0.25, 0.3) is 15.9 Å². The van der Waals surface area contributed by atoms with Crippen LogP contribution in [-0.4, -0.2) is 14.3 Å². The Hall–Kier alpha value is -1.64. The van der Waals surface area contributed by atoms with Crippen molar-refractivity contribution in [3.63, 3.8) is 0 Å². The Balaban J connectivity index is 2.22. The van der Waals surface area contributed by atoms with E-state index in [4.69, 9.17) is 9.56 Å². The molecule has 0 aliphatic heterocycles. The van der Waals surface area contributed by atoms with Gasteiger partial charge in [0.2, 0.25) is 5.09 Å². The smallest absolute Gasteiger partial charge is 0.291 e. The van der Waals surface area contributed by atoms with Gasteiger partial charge in [0, 0.05) is 10.2 Å². The number of primary sulfonamides is 1. The lowest BCUT2D eigenvalue weighted by Gasteiger charge is -2.07. The molecule has 8 heteroatoms. The number of furan rings is 1. The molecule has 2 rings (SSSR count). The van der Waals surface area contributed by atoms with Crippen molar-refractivity contribution in [3.05, 3.63) is 46.1 Å². The molecule has 0 unspecified atom stereocenters. The van der Waals surface area contributed by atoms with E-state index in [9.17, 15) is 13.2 Å². The molecule has 0 saturated heterocycles. The number of amides is 1. The highest BCUT2D eigenvalue weighted by molar-refractivity contribution is 9.10. The first-order chi connectivity index (χ1) is 9.27. The molecule has 0 atom stereocenters. The number of halogens is 1. The summed E-state index contributed by atoms with van der Waals surface area (Å²) in [7, 11) is -3.96. The highest BCUT2D eigenvalue weighted by Gasteiger charge is 2.17. The van der Waals surface area contributed by atoms with E-state index in [0.29, 0.717) is 5.69 Å². The fourth-order valence-corrected chi connectivity index (χ4v) is 2.49. The summed E-state index contributed by atoms with van der Waals surface area (Å²) in [6.07, 6.45) is 0. The fourth-order valence-electron chi connectivity index (χ4n) is 1.55. The summed E-state index contributed by atoms with van der Waals surface area (Å²) in [6, 6.07) is 7.73. The molecular formula is C12H11BrN2O4S. The number of benzene rings is 1. The van der Waals surface area contributed by atoms with Crippen molar-refractivity contribution in [1.82, 2.24) is 0 Å². The summed E-state index contributed by atoms with van der Waals surface area (Å²) in [4.78, 5) is 11.9. The molecule has 0 bridgehead atoms. The number of hydrogen-bond acceptors (Lipinski definition) is 4. The molecule has 1 heterocycles. The third-order valence-electron chi connectivity index (χ3n) is 2.52. The molecular weight excluding hydrogens is 348 g/mol. The van der Waals surface area contributed by atoms with Crippen molar-refractivity contribution in [2.45, 2.75) is 12.0 Å². The second-order valence-corrected chi connectivity index (χ2v) is 6.49. The van der Waals surface area contributed by atoms with Crippen molar-refractivity contribution >= 4 is 37.5 Å². The summed E-state index contributed by atoms with van der Waals surface area (Å²) in [6.45, 7) is 1.83.